The van der Waals surface area contributed by atoms with Gasteiger partial charge in [0.25, 0.3) is 0 Å². The maximum atomic E-state index is 5.93. The molecule has 1 aliphatic rings. The van der Waals surface area contributed by atoms with Gasteiger partial charge in [0, 0.05) is 36.5 Å². The van der Waals surface area contributed by atoms with E-state index in [-0.39, 0.29) is 0 Å². The van der Waals surface area contributed by atoms with Gasteiger partial charge in [0.15, 0.2) is 0 Å². The highest BCUT2D eigenvalue weighted by atomic mass is 35.5. The molecule has 1 atom stereocenters. The molecule has 104 valence electrons. The summed E-state index contributed by atoms with van der Waals surface area (Å²) in [5.74, 6) is 1.62. The Balaban J connectivity index is 1.53. The van der Waals surface area contributed by atoms with Crippen LogP contribution in [-0.2, 0) is 0 Å². The lowest BCUT2D eigenvalue weighted by molar-refractivity contribution is 0.621. The van der Waals surface area contributed by atoms with Crippen LogP contribution in [0, 0.1) is 5.92 Å². The van der Waals surface area contributed by atoms with Gasteiger partial charge in [-0.2, -0.15) is 0 Å². The third kappa shape index (κ3) is 3.23. The van der Waals surface area contributed by atoms with Gasteiger partial charge in [-0.15, -0.1) is 0 Å². The van der Waals surface area contributed by atoms with Crippen molar-refractivity contribution in [3.8, 4) is 0 Å². The van der Waals surface area contributed by atoms with Crippen molar-refractivity contribution in [1.82, 2.24) is 4.98 Å². The molecule has 0 spiro atoms. The van der Waals surface area contributed by atoms with Gasteiger partial charge in [0.1, 0.15) is 5.82 Å². The number of nitrogens with zero attached hydrogens (tertiary/aromatic N) is 2. The minimum atomic E-state index is 0.660. The molecule has 0 aliphatic carbocycles. The molecule has 0 radical (unpaired) electrons. The van der Waals surface area contributed by atoms with E-state index in [1.165, 1.54) is 12.1 Å². The molecule has 3 nitrogen and oxygen atoms in total. The third-order valence-electron chi connectivity index (χ3n) is 3.71. The second-order valence-corrected chi connectivity index (χ2v) is 5.61. The van der Waals surface area contributed by atoms with E-state index in [1.807, 2.05) is 36.5 Å². The molecule has 2 heterocycles. The molecule has 1 fully saturated rings. The molecular weight excluding hydrogens is 270 g/mol. The summed E-state index contributed by atoms with van der Waals surface area (Å²) in [5.41, 5.74) is 1.26. The largest absolute Gasteiger partial charge is 0.371 e. The molecule has 2 aromatic rings. The molecule has 1 unspecified atom stereocenters. The van der Waals surface area contributed by atoms with Crippen LogP contribution in [0.3, 0.4) is 0 Å². The van der Waals surface area contributed by atoms with Crippen molar-refractivity contribution >= 4 is 23.1 Å². The Hall–Kier alpha value is -1.74. The van der Waals surface area contributed by atoms with E-state index in [0.717, 1.165) is 30.5 Å². The molecule has 4 heteroatoms. The highest BCUT2D eigenvalue weighted by Crippen LogP contribution is 2.25. The Morgan fingerprint density at radius 1 is 1.20 bits per heavy atom. The quantitative estimate of drug-likeness (QED) is 0.930. The lowest BCUT2D eigenvalue weighted by Gasteiger charge is -2.19. The van der Waals surface area contributed by atoms with Gasteiger partial charge >= 0.3 is 0 Å². The minimum Gasteiger partial charge on any atom is -0.371 e. The van der Waals surface area contributed by atoms with E-state index in [0.29, 0.717) is 5.92 Å². The normalized spacial score (nSPS) is 18.2. The lowest BCUT2D eigenvalue weighted by atomic mass is 10.1. The van der Waals surface area contributed by atoms with E-state index < -0.39 is 0 Å². The predicted octanol–water partition coefficient (Wildman–Crippen LogP) is 3.67. The summed E-state index contributed by atoms with van der Waals surface area (Å²) in [6.07, 6.45) is 3.03. The number of halogens is 1. The first-order valence-corrected chi connectivity index (χ1v) is 7.34. The fourth-order valence-electron chi connectivity index (χ4n) is 2.60. The van der Waals surface area contributed by atoms with Gasteiger partial charge in [-0.1, -0.05) is 17.7 Å². The van der Waals surface area contributed by atoms with Gasteiger partial charge in [-0.25, -0.2) is 4.98 Å². The van der Waals surface area contributed by atoms with Crippen molar-refractivity contribution in [2.24, 2.45) is 5.92 Å². The maximum Gasteiger partial charge on any atom is 0.125 e. The van der Waals surface area contributed by atoms with Crippen molar-refractivity contribution in [2.75, 3.05) is 29.9 Å². The number of nitrogens with one attached hydrogen (secondary N) is 1. The SMILES string of the molecule is Clc1ccc(N2CCC(CNc3ccccn3)C2)cc1. The summed E-state index contributed by atoms with van der Waals surface area (Å²) in [4.78, 5) is 6.70. The average Bonchev–Trinajstić information content (AvgIpc) is 2.96. The van der Waals surface area contributed by atoms with Crippen LogP contribution >= 0.6 is 11.6 Å². The third-order valence-corrected chi connectivity index (χ3v) is 3.97. The van der Waals surface area contributed by atoms with Crippen molar-refractivity contribution in [3.05, 3.63) is 53.7 Å². The second-order valence-electron chi connectivity index (χ2n) is 5.17. The van der Waals surface area contributed by atoms with Crippen molar-refractivity contribution in [2.45, 2.75) is 6.42 Å². The summed E-state index contributed by atoms with van der Waals surface area (Å²) in [7, 11) is 0. The molecule has 1 aliphatic heterocycles. The van der Waals surface area contributed by atoms with E-state index in [2.05, 4.69) is 27.3 Å². The maximum absolute atomic E-state index is 5.93. The van der Waals surface area contributed by atoms with Crippen molar-refractivity contribution < 1.29 is 0 Å². The summed E-state index contributed by atoms with van der Waals surface area (Å²) in [5, 5.41) is 4.20. The zero-order valence-corrected chi connectivity index (χ0v) is 12.1. The van der Waals surface area contributed by atoms with Crippen LogP contribution in [0.2, 0.25) is 5.02 Å². The first-order valence-electron chi connectivity index (χ1n) is 6.97. The molecule has 1 N–H and O–H groups in total. The fraction of sp³-hybridized carbons (Fsp3) is 0.312. The molecule has 1 aromatic heterocycles. The Morgan fingerprint density at radius 2 is 2.05 bits per heavy atom. The van der Waals surface area contributed by atoms with Crippen LogP contribution in [0.25, 0.3) is 0 Å². The topological polar surface area (TPSA) is 28.2 Å². The number of anilines is 2. The Labute approximate surface area is 124 Å². The van der Waals surface area contributed by atoms with E-state index in [9.17, 15) is 0 Å². The minimum absolute atomic E-state index is 0.660. The molecular formula is C16H18ClN3. The standard InChI is InChI=1S/C16H18ClN3/c17-14-4-6-15(7-5-14)20-10-8-13(12-20)11-19-16-3-1-2-9-18-16/h1-7,9,13H,8,10-12H2,(H,18,19). The molecule has 0 amide bonds. The van der Waals surface area contributed by atoms with Gasteiger partial charge in [0.2, 0.25) is 0 Å². The number of aromatic nitrogens is 1. The summed E-state index contributed by atoms with van der Waals surface area (Å²) >= 11 is 5.93. The summed E-state index contributed by atoms with van der Waals surface area (Å²) < 4.78 is 0. The van der Waals surface area contributed by atoms with Gasteiger partial charge in [0.05, 0.1) is 0 Å². The lowest BCUT2D eigenvalue weighted by Crippen LogP contribution is -2.22. The van der Waals surface area contributed by atoms with Crippen LogP contribution in [0.15, 0.2) is 48.7 Å². The molecule has 3 rings (SSSR count). The second kappa shape index (κ2) is 6.14. The fourth-order valence-corrected chi connectivity index (χ4v) is 2.73. The van der Waals surface area contributed by atoms with E-state index >= 15 is 0 Å². The molecule has 0 bridgehead atoms. The number of pyridine rings is 1. The van der Waals surface area contributed by atoms with E-state index in [4.69, 9.17) is 11.6 Å². The van der Waals surface area contributed by atoms with Crippen LogP contribution in [0.5, 0.6) is 0 Å². The monoisotopic (exact) mass is 287 g/mol. The summed E-state index contributed by atoms with van der Waals surface area (Å²) in [6.45, 7) is 3.17. The molecule has 20 heavy (non-hydrogen) atoms. The zero-order chi connectivity index (χ0) is 13.8. The highest BCUT2D eigenvalue weighted by molar-refractivity contribution is 6.30. The Morgan fingerprint density at radius 3 is 2.80 bits per heavy atom. The highest BCUT2D eigenvalue weighted by Gasteiger charge is 2.22. The number of hydrogen-bond acceptors (Lipinski definition) is 3. The van der Waals surface area contributed by atoms with Gasteiger partial charge < -0.3 is 10.2 Å². The number of benzene rings is 1. The first kappa shape index (κ1) is 13.3. The van der Waals surface area contributed by atoms with Crippen LogP contribution in [0.4, 0.5) is 11.5 Å². The average molecular weight is 288 g/mol. The Bertz CT molecular complexity index is 541. The zero-order valence-electron chi connectivity index (χ0n) is 11.3. The van der Waals surface area contributed by atoms with Crippen LogP contribution in [-0.4, -0.2) is 24.6 Å². The summed E-state index contributed by atoms with van der Waals surface area (Å²) in [6, 6.07) is 14.0. The van der Waals surface area contributed by atoms with Crippen molar-refractivity contribution in [3.63, 3.8) is 0 Å². The van der Waals surface area contributed by atoms with Gasteiger partial charge in [-0.05, 0) is 48.7 Å². The molecule has 0 saturated carbocycles. The number of hydrogen-bond donors (Lipinski definition) is 1. The predicted molar refractivity (Wildman–Crippen MR) is 84.5 cm³/mol. The molecule has 1 aromatic carbocycles. The van der Waals surface area contributed by atoms with Gasteiger partial charge in [-0.3, -0.25) is 0 Å². The Kier molecular flexibility index (Phi) is 4.07. The smallest absolute Gasteiger partial charge is 0.125 e. The first-order chi connectivity index (χ1) is 9.81. The van der Waals surface area contributed by atoms with Crippen LogP contribution < -0.4 is 10.2 Å². The van der Waals surface area contributed by atoms with E-state index in [1.54, 1.807) is 0 Å². The van der Waals surface area contributed by atoms with Crippen molar-refractivity contribution in [1.29, 1.82) is 0 Å². The molecule has 1 saturated heterocycles. The number of rotatable bonds is 4. The van der Waals surface area contributed by atoms with Crippen LogP contribution in [0.1, 0.15) is 6.42 Å².